The Kier molecular flexibility index (Phi) is 8.21. The van der Waals surface area contributed by atoms with Crippen LogP contribution in [-0.4, -0.2) is 38.8 Å². The molecule has 0 bridgehead atoms. The van der Waals surface area contributed by atoms with E-state index < -0.39 is 22.5 Å². The molecule has 0 aliphatic rings. The Labute approximate surface area is 229 Å². The second kappa shape index (κ2) is 11.6. The Morgan fingerprint density at radius 2 is 1.59 bits per heavy atom. The summed E-state index contributed by atoms with van der Waals surface area (Å²) in [4.78, 5) is 12.9. The van der Waals surface area contributed by atoms with Crippen molar-refractivity contribution < 1.29 is 17.9 Å². The number of nitrogens with zero attached hydrogens (tertiary/aromatic N) is 3. The van der Waals surface area contributed by atoms with E-state index in [0.29, 0.717) is 11.4 Å². The fourth-order valence-electron chi connectivity index (χ4n) is 4.52. The van der Waals surface area contributed by atoms with Crippen molar-refractivity contribution in [2.24, 2.45) is 5.10 Å². The van der Waals surface area contributed by atoms with Crippen LogP contribution in [-0.2, 0) is 14.8 Å². The molecule has 9 heteroatoms. The number of rotatable bonds is 9. The fraction of sp³-hybridized carbons (Fsp3) is 0.200. The first-order valence-corrected chi connectivity index (χ1v) is 13.9. The molecule has 0 atom stereocenters. The number of hydrogen-bond donors (Lipinski definition) is 1. The van der Waals surface area contributed by atoms with Gasteiger partial charge in [-0.2, -0.15) is 5.10 Å². The predicted molar refractivity (Wildman–Crippen MR) is 154 cm³/mol. The SMILES string of the molecule is COc1ccc(S(=O)(=O)N(CC(=O)N/N=C\c2cc(C)n(-c3cc(C)cc(C)c3)c2C)c2ccccc2)cc1. The molecule has 8 nitrogen and oxygen atoms in total. The van der Waals surface area contributed by atoms with Gasteiger partial charge in [0.05, 0.1) is 23.9 Å². The molecule has 0 aliphatic carbocycles. The van der Waals surface area contributed by atoms with Crippen LogP contribution in [0, 0.1) is 27.7 Å². The van der Waals surface area contributed by atoms with E-state index >= 15 is 0 Å². The molecule has 4 rings (SSSR count). The number of sulfonamides is 1. The lowest BCUT2D eigenvalue weighted by molar-refractivity contribution is -0.119. The van der Waals surface area contributed by atoms with Gasteiger partial charge in [-0.25, -0.2) is 13.8 Å². The highest BCUT2D eigenvalue weighted by molar-refractivity contribution is 7.92. The van der Waals surface area contributed by atoms with Gasteiger partial charge in [0.1, 0.15) is 12.3 Å². The number of carbonyl (C=O) groups is 1. The maximum atomic E-state index is 13.5. The minimum Gasteiger partial charge on any atom is -0.497 e. The Bertz CT molecular complexity index is 1590. The number of methoxy groups -OCH3 is 1. The smallest absolute Gasteiger partial charge is 0.264 e. The van der Waals surface area contributed by atoms with Gasteiger partial charge in [0, 0.05) is 22.6 Å². The molecule has 39 heavy (non-hydrogen) atoms. The number of carbonyl (C=O) groups excluding carboxylic acids is 1. The number of ether oxygens (including phenoxy) is 1. The lowest BCUT2D eigenvalue weighted by atomic mass is 10.1. The normalized spacial score (nSPS) is 11.5. The standard InChI is InChI=1S/C30H32N4O4S/c1-21-15-22(2)17-27(16-21)34-23(3)18-25(24(34)4)19-31-32-30(35)20-33(26-9-7-6-8-10-26)39(36,37)29-13-11-28(38-5)12-14-29/h6-19H,20H2,1-5H3,(H,32,35)/b31-19-. The molecule has 0 spiro atoms. The van der Waals surface area contributed by atoms with E-state index in [1.807, 2.05) is 19.9 Å². The van der Waals surface area contributed by atoms with Crippen LogP contribution in [0.25, 0.3) is 5.69 Å². The van der Waals surface area contributed by atoms with Gasteiger partial charge in [0.15, 0.2) is 0 Å². The van der Waals surface area contributed by atoms with Gasteiger partial charge in [0.25, 0.3) is 15.9 Å². The third kappa shape index (κ3) is 6.21. The highest BCUT2D eigenvalue weighted by Crippen LogP contribution is 2.25. The molecule has 0 radical (unpaired) electrons. The largest absolute Gasteiger partial charge is 0.497 e. The number of hydrogen-bond acceptors (Lipinski definition) is 5. The molecule has 1 amide bonds. The Hall–Kier alpha value is -4.37. The summed E-state index contributed by atoms with van der Waals surface area (Å²) in [5, 5.41) is 4.13. The average Bonchev–Trinajstić information content (AvgIpc) is 3.19. The van der Waals surface area contributed by atoms with Crippen LogP contribution in [0.15, 0.2) is 88.9 Å². The Morgan fingerprint density at radius 3 is 2.21 bits per heavy atom. The number of aromatic nitrogens is 1. The van der Waals surface area contributed by atoms with Crippen LogP contribution in [0.2, 0.25) is 0 Å². The third-order valence-electron chi connectivity index (χ3n) is 6.31. The molecule has 0 fully saturated rings. The Morgan fingerprint density at radius 1 is 0.949 bits per heavy atom. The topological polar surface area (TPSA) is 93.0 Å². The van der Waals surface area contributed by atoms with Crippen molar-refractivity contribution in [1.29, 1.82) is 0 Å². The Balaban J connectivity index is 1.54. The average molecular weight is 545 g/mol. The van der Waals surface area contributed by atoms with Crippen molar-refractivity contribution in [1.82, 2.24) is 9.99 Å². The van der Waals surface area contributed by atoms with Crippen LogP contribution in [0.3, 0.4) is 0 Å². The second-order valence-electron chi connectivity index (χ2n) is 9.32. The van der Waals surface area contributed by atoms with E-state index in [0.717, 1.165) is 26.9 Å². The van der Waals surface area contributed by atoms with Crippen molar-refractivity contribution in [3.8, 4) is 11.4 Å². The van der Waals surface area contributed by atoms with Gasteiger partial charge in [-0.05, 0) is 93.4 Å². The van der Waals surface area contributed by atoms with Gasteiger partial charge >= 0.3 is 0 Å². The quantitative estimate of drug-likeness (QED) is 0.235. The monoisotopic (exact) mass is 544 g/mol. The zero-order valence-electron chi connectivity index (χ0n) is 22.7. The summed E-state index contributed by atoms with van der Waals surface area (Å²) >= 11 is 0. The molecule has 0 unspecified atom stereocenters. The minimum absolute atomic E-state index is 0.0438. The van der Waals surface area contributed by atoms with E-state index in [9.17, 15) is 13.2 Å². The highest BCUT2D eigenvalue weighted by Gasteiger charge is 2.27. The highest BCUT2D eigenvalue weighted by atomic mass is 32.2. The van der Waals surface area contributed by atoms with Crippen molar-refractivity contribution >= 4 is 27.8 Å². The summed E-state index contributed by atoms with van der Waals surface area (Å²) in [5.41, 5.74) is 9.11. The number of amides is 1. The van der Waals surface area contributed by atoms with E-state index in [4.69, 9.17) is 4.74 Å². The van der Waals surface area contributed by atoms with Crippen LogP contribution in [0.5, 0.6) is 5.75 Å². The maximum Gasteiger partial charge on any atom is 0.264 e. The molecule has 4 aromatic rings. The van der Waals surface area contributed by atoms with Crippen LogP contribution < -0.4 is 14.5 Å². The van der Waals surface area contributed by atoms with Crippen molar-refractivity contribution in [2.75, 3.05) is 18.0 Å². The lowest BCUT2D eigenvalue weighted by Gasteiger charge is -2.23. The molecular formula is C30H32N4O4S. The van der Waals surface area contributed by atoms with E-state index in [1.54, 1.807) is 48.7 Å². The summed E-state index contributed by atoms with van der Waals surface area (Å²) in [7, 11) is -2.53. The third-order valence-corrected chi connectivity index (χ3v) is 8.09. The van der Waals surface area contributed by atoms with E-state index in [1.165, 1.54) is 30.4 Å². The summed E-state index contributed by atoms with van der Waals surface area (Å²) in [6.07, 6.45) is 1.57. The lowest BCUT2D eigenvalue weighted by Crippen LogP contribution is -2.39. The first-order chi connectivity index (χ1) is 18.6. The summed E-state index contributed by atoms with van der Waals surface area (Å²) < 4.78 is 35.3. The number of aryl methyl sites for hydroxylation is 3. The minimum atomic E-state index is -4.04. The maximum absolute atomic E-state index is 13.5. The number of nitrogens with one attached hydrogen (secondary N) is 1. The van der Waals surface area contributed by atoms with Crippen LogP contribution in [0.4, 0.5) is 5.69 Å². The van der Waals surface area contributed by atoms with Gasteiger partial charge < -0.3 is 9.30 Å². The molecule has 1 heterocycles. The summed E-state index contributed by atoms with van der Waals surface area (Å²) in [5.74, 6) is -0.0421. The number of anilines is 1. The first-order valence-electron chi connectivity index (χ1n) is 12.4. The van der Waals surface area contributed by atoms with E-state index in [-0.39, 0.29) is 4.90 Å². The van der Waals surface area contributed by atoms with Crippen molar-refractivity contribution in [2.45, 2.75) is 32.6 Å². The molecule has 202 valence electrons. The van der Waals surface area contributed by atoms with Gasteiger partial charge in [-0.1, -0.05) is 24.3 Å². The summed E-state index contributed by atoms with van der Waals surface area (Å²) in [6, 6.07) is 22.9. The van der Waals surface area contributed by atoms with Crippen LogP contribution in [0.1, 0.15) is 28.1 Å². The second-order valence-corrected chi connectivity index (χ2v) is 11.2. The molecule has 0 aliphatic heterocycles. The van der Waals surface area contributed by atoms with Crippen molar-refractivity contribution in [3.63, 3.8) is 0 Å². The van der Waals surface area contributed by atoms with Crippen molar-refractivity contribution in [3.05, 3.63) is 107 Å². The molecule has 0 saturated heterocycles. The van der Waals surface area contributed by atoms with Gasteiger partial charge in [-0.3, -0.25) is 9.10 Å². The van der Waals surface area contributed by atoms with Gasteiger partial charge in [-0.15, -0.1) is 0 Å². The summed E-state index contributed by atoms with van der Waals surface area (Å²) in [6.45, 7) is 7.69. The first kappa shape index (κ1) is 27.7. The molecular weight excluding hydrogens is 512 g/mol. The molecule has 3 aromatic carbocycles. The van der Waals surface area contributed by atoms with Crippen LogP contribution >= 0.6 is 0 Å². The number of para-hydroxylation sites is 1. The zero-order valence-corrected chi connectivity index (χ0v) is 23.5. The number of hydrazone groups is 1. The van der Waals surface area contributed by atoms with Gasteiger partial charge in [0.2, 0.25) is 0 Å². The predicted octanol–water partition coefficient (Wildman–Crippen LogP) is 5.07. The van der Waals surface area contributed by atoms with E-state index in [2.05, 4.69) is 47.1 Å². The molecule has 0 saturated carbocycles. The zero-order chi connectivity index (χ0) is 28.2. The molecule has 1 aromatic heterocycles. The molecule has 1 N–H and O–H groups in total. The number of benzene rings is 3. The fourth-order valence-corrected chi connectivity index (χ4v) is 5.94.